The number of anilines is 1. The third-order valence-electron chi connectivity index (χ3n) is 3.14. The number of benzene rings is 2. The molecule has 0 unspecified atom stereocenters. The van der Waals surface area contributed by atoms with Crippen molar-refractivity contribution in [1.29, 1.82) is 0 Å². The van der Waals surface area contributed by atoms with Gasteiger partial charge in [0, 0.05) is 5.69 Å². The van der Waals surface area contributed by atoms with Crippen LogP contribution in [0.3, 0.4) is 0 Å². The minimum Gasteiger partial charge on any atom is -0.345 e. The molecule has 0 bridgehead atoms. The van der Waals surface area contributed by atoms with Crippen molar-refractivity contribution in [1.82, 2.24) is 9.97 Å². The Bertz CT molecular complexity index is 781. The molecule has 2 N–H and O–H groups in total. The number of H-pyrrole nitrogens is 1. The smallest absolute Gasteiger partial charge is 0.260 e. The van der Waals surface area contributed by atoms with E-state index in [1.165, 1.54) is 18.2 Å². The maximum atomic E-state index is 13.7. The summed E-state index contributed by atoms with van der Waals surface area (Å²) in [5, 5.41) is 2.70. The van der Waals surface area contributed by atoms with E-state index in [1.807, 2.05) is 12.1 Å². The summed E-state index contributed by atoms with van der Waals surface area (Å²) in [6.07, 6.45) is 3.29. The Kier molecular flexibility index (Phi) is 3.89. The summed E-state index contributed by atoms with van der Waals surface area (Å²) in [5.41, 5.74) is 2.18. The van der Waals surface area contributed by atoms with Crippen molar-refractivity contribution in [3.05, 3.63) is 71.4 Å². The standard InChI is InChI=1S/C16H11ClFN3O/c17-12-2-1-3-13(18)15(12)16(22)21-11-6-4-10(5-7-11)14-8-19-9-20-14/h1-9H,(H,19,20)(H,21,22). The number of carbonyl (C=O) groups excluding carboxylic acids is 1. The number of aromatic amines is 1. The van der Waals surface area contributed by atoms with Gasteiger partial charge in [-0.3, -0.25) is 4.79 Å². The Morgan fingerprint density at radius 2 is 1.95 bits per heavy atom. The lowest BCUT2D eigenvalue weighted by Crippen LogP contribution is -2.14. The monoisotopic (exact) mass is 315 g/mol. The van der Waals surface area contributed by atoms with E-state index in [4.69, 9.17) is 11.6 Å². The Balaban J connectivity index is 1.80. The number of aromatic nitrogens is 2. The molecule has 0 radical (unpaired) electrons. The fraction of sp³-hybridized carbons (Fsp3) is 0. The predicted molar refractivity (Wildman–Crippen MR) is 83.4 cm³/mol. The van der Waals surface area contributed by atoms with Gasteiger partial charge in [-0.2, -0.15) is 0 Å². The molecule has 0 aliphatic rings. The molecular formula is C16H11ClFN3O. The fourth-order valence-corrected chi connectivity index (χ4v) is 2.30. The van der Waals surface area contributed by atoms with Crippen LogP contribution in [0, 0.1) is 5.82 Å². The van der Waals surface area contributed by atoms with Crippen LogP contribution in [-0.4, -0.2) is 15.9 Å². The largest absolute Gasteiger partial charge is 0.345 e. The number of hydrogen-bond donors (Lipinski definition) is 2. The van der Waals surface area contributed by atoms with Crippen LogP contribution in [0.25, 0.3) is 11.3 Å². The van der Waals surface area contributed by atoms with E-state index in [1.54, 1.807) is 24.7 Å². The topological polar surface area (TPSA) is 57.8 Å². The second kappa shape index (κ2) is 5.99. The molecule has 1 amide bonds. The predicted octanol–water partition coefficient (Wildman–Crippen LogP) is 4.12. The highest BCUT2D eigenvalue weighted by Crippen LogP contribution is 2.22. The van der Waals surface area contributed by atoms with Gasteiger partial charge in [0.25, 0.3) is 5.91 Å². The van der Waals surface area contributed by atoms with Crippen molar-refractivity contribution >= 4 is 23.2 Å². The van der Waals surface area contributed by atoms with E-state index in [9.17, 15) is 9.18 Å². The summed E-state index contributed by atoms with van der Waals surface area (Å²) in [6.45, 7) is 0. The molecule has 0 spiro atoms. The lowest BCUT2D eigenvalue weighted by molar-refractivity contribution is 0.102. The number of rotatable bonds is 3. The molecule has 110 valence electrons. The van der Waals surface area contributed by atoms with Gasteiger partial charge in [-0.1, -0.05) is 29.8 Å². The molecule has 1 aromatic heterocycles. The SMILES string of the molecule is O=C(Nc1ccc(-c2cnc[nH]2)cc1)c1c(F)cccc1Cl. The molecule has 4 nitrogen and oxygen atoms in total. The van der Waals surface area contributed by atoms with Crippen molar-refractivity contribution in [2.45, 2.75) is 0 Å². The number of nitrogens with zero attached hydrogens (tertiary/aromatic N) is 1. The van der Waals surface area contributed by atoms with E-state index >= 15 is 0 Å². The van der Waals surface area contributed by atoms with Gasteiger partial charge >= 0.3 is 0 Å². The van der Waals surface area contributed by atoms with Crippen molar-refractivity contribution in [2.75, 3.05) is 5.32 Å². The van der Waals surface area contributed by atoms with E-state index in [2.05, 4.69) is 15.3 Å². The molecule has 1 heterocycles. The molecule has 0 saturated heterocycles. The first kappa shape index (κ1) is 14.3. The van der Waals surface area contributed by atoms with Gasteiger partial charge < -0.3 is 10.3 Å². The Morgan fingerprint density at radius 3 is 2.59 bits per heavy atom. The lowest BCUT2D eigenvalue weighted by atomic mass is 10.1. The summed E-state index contributed by atoms with van der Waals surface area (Å²) in [7, 11) is 0. The Morgan fingerprint density at radius 1 is 1.18 bits per heavy atom. The molecule has 3 aromatic rings. The maximum absolute atomic E-state index is 13.7. The first-order valence-electron chi connectivity index (χ1n) is 6.49. The normalized spacial score (nSPS) is 10.5. The van der Waals surface area contributed by atoms with E-state index < -0.39 is 11.7 Å². The lowest BCUT2D eigenvalue weighted by Gasteiger charge is -2.08. The van der Waals surface area contributed by atoms with E-state index in [0.717, 1.165) is 11.3 Å². The Hall–Kier alpha value is -2.66. The van der Waals surface area contributed by atoms with Crippen LogP contribution in [0.15, 0.2) is 55.0 Å². The second-order valence-electron chi connectivity index (χ2n) is 4.59. The van der Waals surface area contributed by atoms with Gasteiger partial charge in [-0.05, 0) is 29.8 Å². The van der Waals surface area contributed by atoms with E-state index in [-0.39, 0.29) is 10.6 Å². The molecule has 0 aliphatic carbocycles. The number of carbonyl (C=O) groups is 1. The molecular weight excluding hydrogens is 305 g/mol. The number of nitrogens with one attached hydrogen (secondary N) is 2. The van der Waals surface area contributed by atoms with Crippen LogP contribution in [0.1, 0.15) is 10.4 Å². The minimum absolute atomic E-state index is 0.0755. The number of imidazole rings is 1. The van der Waals surface area contributed by atoms with E-state index in [0.29, 0.717) is 5.69 Å². The number of amides is 1. The van der Waals surface area contributed by atoms with Crippen LogP contribution < -0.4 is 5.32 Å². The highest BCUT2D eigenvalue weighted by molar-refractivity contribution is 6.34. The van der Waals surface area contributed by atoms with Gasteiger partial charge in [-0.15, -0.1) is 0 Å². The molecule has 6 heteroatoms. The van der Waals surface area contributed by atoms with Crippen molar-refractivity contribution in [3.63, 3.8) is 0 Å². The van der Waals surface area contributed by atoms with Crippen molar-refractivity contribution < 1.29 is 9.18 Å². The summed E-state index contributed by atoms with van der Waals surface area (Å²) < 4.78 is 13.7. The average Bonchev–Trinajstić information content (AvgIpc) is 3.02. The summed E-state index contributed by atoms with van der Waals surface area (Å²) in [4.78, 5) is 19.1. The first-order chi connectivity index (χ1) is 10.6. The first-order valence-corrected chi connectivity index (χ1v) is 6.87. The number of halogens is 2. The zero-order valence-electron chi connectivity index (χ0n) is 11.3. The molecule has 22 heavy (non-hydrogen) atoms. The highest BCUT2D eigenvalue weighted by Gasteiger charge is 2.15. The minimum atomic E-state index is -0.654. The van der Waals surface area contributed by atoms with Gasteiger partial charge in [0.2, 0.25) is 0 Å². The van der Waals surface area contributed by atoms with Crippen LogP contribution in [0.2, 0.25) is 5.02 Å². The summed E-state index contributed by atoms with van der Waals surface area (Å²) in [5.74, 6) is -1.24. The summed E-state index contributed by atoms with van der Waals surface area (Å²) in [6, 6.07) is 11.2. The molecule has 2 aromatic carbocycles. The average molecular weight is 316 g/mol. The molecule has 0 saturated carbocycles. The molecule has 0 fully saturated rings. The van der Waals surface area contributed by atoms with Crippen LogP contribution >= 0.6 is 11.6 Å². The quantitative estimate of drug-likeness (QED) is 0.763. The van der Waals surface area contributed by atoms with Crippen LogP contribution in [0.5, 0.6) is 0 Å². The molecule has 0 aliphatic heterocycles. The highest BCUT2D eigenvalue weighted by atomic mass is 35.5. The van der Waals surface area contributed by atoms with Crippen molar-refractivity contribution in [2.24, 2.45) is 0 Å². The van der Waals surface area contributed by atoms with Crippen LogP contribution in [-0.2, 0) is 0 Å². The third kappa shape index (κ3) is 2.84. The maximum Gasteiger partial charge on any atom is 0.260 e. The van der Waals surface area contributed by atoms with Gasteiger partial charge in [-0.25, -0.2) is 9.37 Å². The third-order valence-corrected chi connectivity index (χ3v) is 3.46. The Labute approximate surface area is 131 Å². The second-order valence-corrected chi connectivity index (χ2v) is 5.00. The van der Waals surface area contributed by atoms with Crippen molar-refractivity contribution in [3.8, 4) is 11.3 Å². The zero-order valence-corrected chi connectivity index (χ0v) is 12.1. The zero-order chi connectivity index (χ0) is 15.5. The fourth-order valence-electron chi connectivity index (χ4n) is 2.06. The van der Waals surface area contributed by atoms with Gasteiger partial charge in [0.05, 0.1) is 28.8 Å². The van der Waals surface area contributed by atoms with Gasteiger partial charge in [0.1, 0.15) is 5.82 Å². The van der Waals surface area contributed by atoms with Crippen LogP contribution in [0.4, 0.5) is 10.1 Å². The molecule has 0 atom stereocenters. The van der Waals surface area contributed by atoms with Gasteiger partial charge in [0.15, 0.2) is 0 Å². The summed E-state index contributed by atoms with van der Waals surface area (Å²) >= 11 is 5.87. The number of hydrogen-bond acceptors (Lipinski definition) is 2. The molecule has 3 rings (SSSR count).